The van der Waals surface area contributed by atoms with Crippen molar-refractivity contribution in [2.45, 2.75) is 45.9 Å². The zero-order valence-corrected chi connectivity index (χ0v) is 12.4. The summed E-state index contributed by atoms with van der Waals surface area (Å²) in [5.41, 5.74) is 1.18. The number of ether oxygens (including phenoxy) is 2. The van der Waals surface area contributed by atoms with Crippen LogP contribution in [-0.4, -0.2) is 19.3 Å². The molecule has 19 heavy (non-hydrogen) atoms. The molecular formula is C16H25NO2. The second-order valence-electron chi connectivity index (χ2n) is 4.96. The molecule has 3 heteroatoms. The quantitative estimate of drug-likeness (QED) is 0.728. The minimum Gasteiger partial charge on any atom is -0.493 e. The Bertz CT molecular complexity index is 402. The Labute approximate surface area is 116 Å². The topological polar surface area (TPSA) is 30.5 Å². The molecule has 1 aromatic rings. The van der Waals surface area contributed by atoms with E-state index in [0.29, 0.717) is 6.04 Å². The molecule has 0 heterocycles. The Morgan fingerprint density at radius 1 is 1.26 bits per heavy atom. The standard InChI is InChI=1S/C16H25NO2/c1-6-7-13(4)17-11-14-8-9-15(19-12(2)3)16(10-14)18-5/h6,8-10,12-13,17H,1,7,11H2,2-5H3. The number of nitrogens with one attached hydrogen (secondary N) is 1. The molecule has 3 nitrogen and oxygen atoms in total. The molecule has 0 radical (unpaired) electrons. The summed E-state index contributed by atoms with van der Waals surface area (Å²) in [6, 6.07) is 6.47. The summed E-state index contributed by atoms with van der Waals surface area (Å²) in [7, 11) is 1.67. The van der Waals surface area contributed by atoms with E-state index in [2.05, 4.69) is 24.9 Å². The average molecular weight is 263 g/mol. The van der Waals surface area contributed by atoms with Gasteiger partial charge in [-0.3, -0.25) is 0 Å². The van der Waals surface area contributed by atoms with Gasteiger partial charge in [-0.15, -0.1) is 6.58 Å². The van der Waals surface area contributed by atoms with Crippen molar-refractivity contribution in [3.63, 3.8) is 0 Å². The number of benzene rings is 1. The SMILES string of the molecule is C=CCC(C)NCc1ccc(OC(C)C)c(OC)c1. The molecule has 1 atom stereocenters. The normalized spacial score (nSPS) is 12.3. The molecule has 1 unspecified atom stereocenters. The largest absolute Gasteiger partial charge is 0.493 e. The third kappa shape index (κ3) is 5.35. The third-order valence-corrected chi connectivity index (χ3v) is 2.77. The molecule has 106 valence electrons. The van der Waals surface area contributed by atoms with Gasteiger partial charge in [-0.1, -0.05) is 12.1 Å². The van der Waals surface area contributed by atoms with Crippen molar-refractivity contribution < 1.29 is 9.47 Å². The predicted molar refractivity (Wildman–Crippen MR) is 79.9 cm³/mol. The maximum atomic E-state index is 5.70. The molecule has 1 N–H and O–H groups in total. The lowest BCUT2D eigenvalue weighted by Crippen LogP contribution is -2.24. The lowest BCUT2D eigenvalue weighted by atomic mass is 10.1. The maximum Gasteiger partial charge on any atom is 0.161 e. The molecule has 0 aliphatic rings. The fraction of sp³-hybridized carbons (Fsp3) is 0.500. The fourth-order valence-corrected chi connectivity index (χ4v) is 1.80. The molecule has 0 bridgehead atoms. The van der Waals surface area contributed by atoms with Crippen molar-refractivity contribution in [3.05, 3.63) is 36.4 Å². The Hall–Kier alpha value is -1.48. The van der Waals surface area contributed by atoms with Crippen molar-refractivity contribution >= 4 is 0 Å². The zero-order valence-electron chi connectivity index (χ0n) is 12.4. The highest BCUT2D eigenvalue weighted by Gasteiger charge is 2.08. The predicted octanol–water partition coefficient (Wildman–Crippen LogP) is 3.54. The molecule has 0 aromatic heterocycles. The summed E-state index contributed by atoms with van der Waals surface area (Å²) in [4.78, 5) is 0. The van der Waals surface area contributed by atoms with Crippen LogP contribution in [0, 0.1) is 0 Å². The summed E-state index contributed by atoms with van der Waals surface area (Å²) >= 11 is 0. The van der Waals surface area contributed by atoms with Crippen LogP contribution in [0.3, 0.4) is 0 Å². The summed E-state index contributed by atoms with van der Waals surface area (Å²) in [5.74, 6) is 1.57. The van der Waals surface area contributed by atoms with Gasteiger partial charge in [-0.25, -0.2) is 0 Å². The van der Waals surface area contributed by atoms with Gasteiger partial charge in [0, 0.05) is 12.6 Å². The molecule has 0 saturated heterocycles. The number of hydrogen-bond acceptors (Lipinski definition) is 3. The van der Waals surface area contributed by atoms with Crippen LogP contribution in [0.2, 0.25) is 0 Å². The van der Waals surface area contributed by atoms with Gasteiger partial charge >= 0.3 is 0 Å². The van der Waals surface area contributed by atoms with E-state index in [-0.39, 0.29) is 6.10 Å². The number of rotatable bonds is 8. The minimum atomic E-state index is 0.144. The molecule has 0 aliphatic heterocycles. The van der Waals surface area contributed by atoms with Crippen LogP contribution in [0.4, 0.5) is 0 Å². The van der Waals surface area contributed by atoms with E-state index in [9.17, 15) is 0 Å². The second kappa shape index (κ2) is 7.85. The van der Waals surface area contributed by atoms with Crippen molar-refractivity contribution in [3.8, 4) is 11.5 Å². The Kier molecular flexibility index (Phi) is 6.43. The Balaban J connectivity index is 2.68. The van der Waals surface area contributed by atoms with Crippen LogP contribution >= 0.6 is 0 Å². The highest BCUT2D eigenvalue weighted by atomic mass is 16.5. The summed E-state index contributed by atoms with van der Waals surface area (Å²) in [6.45, 7) is 10.7. The van der Waals surface area contributed by atoms with Gasteiger partial charge in [0.2, 0.25) is 0 Å². The van der Waals surface area contributed by atoms with Crippen LogP contribution in [-0.2, 0) is 6.54 Å². The summed E-state index contributed by atoms with van der Waals surface area (Å²) in [6.07, 6.45) is 3.04. The molecule has 1 aromatic carbocycles. The van der Waals surface area contributed by atoms with Gasteiger partial charge in [0.25, 0.3) is 0 Å². The van der Waals surface area contributed by atoms with Crippen LogP contribution in [0.15, 0.2) is 30.9 Å². The summed E-state index contributed by atoms with van der Waals surface area (Å²) < 4.78 is 11.1. The van der Waals surface area contributed by atoms with Crippen molar-refractivity contribution in [1.82, 2.24) is 5.32 Å². The lowest BCUT2D eigenvalue weighted by molar-refractivity contribution is 0.230. The number of hydrogen-bond donors (Lipinski definition) is 1. The van der Waals surface area contributed by atoms with Crippen LogP contribution in [0.5, 0.6) is 11.5 Å². The maximum absolute atomic E-state index is 5.70. The smallest absolute Gasteiger partial charge is 0.161 e. The van der Waals surface area contributed by atoms with Gasteiger partial charge in [0.05, 0.1) is 13.2 Å². The first-order valence-corrected chi connectivity index (χ1v) is 6.74. The van der Waals surface area contributed by atoms with Gasteiger partial charge in [-0.05, 0) is 44.9 Å². The van der Waals surface area contributed by atoms with Crippen molar-refractivity contribution in [1.29, 1.82) is 0 Å². The van der Waals surface area contributed by atoms with Crippen LogP contribution < -0.4 is 14.8 Å². The molecule has 0 fully saturated rings. The first-order valence-electron chi connectivity index (χ1n) is 6.74. The van der Waals surface area contributed by atoms with Gasteiger partial charge in [0.1, 0.15) is 0 Å². The zero-order chi connectivity index (χ0) is 14.3. The molecule has 0 spiro atoms. The Morgan fingerprint density at radius 2 is 2.00 bits per heavy atom. The highest BCUT2D eigenvalue weighted by molar-refractivity contribution is 5.43. The van der Waals surface area contributed by atoms with Crippen molar-refractivity contribution in [2.24, 2.45) is 0 Å². The van der Waals surface area contributed by atoms with Gasteiger partial charge in [-0.2, -0.15) is 0 Å². The minimum absolute atomic E-state index is 0.144. The fourth-order valence-electron chi connectivity index (χ4n) is 1.80. The average Bonchev–Trinajstić information content (AvgIpc) is 2.37. The van der Waals surface area contributed by atoms with E-state index in [1.807, 2.05) is 32.1 Å². The van der Waals surface area contributed by atoms with Gasteiger partial charge < -0.3 is 14.8 Å². The molecule has 0 aliphatic carbocycles. The molecular weight excluding hydrogens is 238 g/mol. The summed E-state index contributed by atoms with van der Waals surface area (Å²) in [5, 5.41) is 3.44. The van der Waals surface area contributed by atoms with E-state index in [1.165, 1.54) is 5.56 Å². The highest BCUT2D eigenvalue weighted by Crippen LogP contribution is 2.28. The first-order chi connectivity index (χ1) is 9.06. The first kappa shape index (κ1) is 15.6. The lowest BCUT2D eigenvalue weighted by Gasteiger charge is -2.16. The number of methoxy groups -OCH3 is 1. The molecule has 1 rings (SSSR count). The second-order valence-corrected chi connectivity index (χ2v) is 4.96. The molecule has 0 amide bonds. The van der Waals surface area contributed by atoms with Gasteiger partial charge in [0.15, 0.2) is 11.5 Å². The monoisotopic (exact) mass is 263 g/mol. The van der Waals surface area contributed by atoms with Crippen molar-refractivity contribution in [2.75, 3.05) is 7.11 Å². The van der Waals surface area contributed by atoms with E-state index < -0.39 is 0 Å². The van der Waals surface area contributed by atoms with Crippen LogP contribution in [0.25, 0.3) is 0 Å². The van der Waals surface area contributed by atoms with E-state index in [4.69, 9.17) is 9.47 Å². The van der Waals surface area contributed by atoms with E-state index in [0.717, 1.165) is 24.5 Å². The van der Waals surface area contributed by atoms with E-state index in [1.54, 1.807) is 7.11 Å². The van der Waals surface area contributed by atoms with Crippen LogP contribution in [0.1, 0.15) is 32.8 Å². The molecule has 0 saturated carbocycles. The Morgan fingerprint density at radius 3 is 2.58 bits per heavy atom. The van der Waals surface area contributed by atoms with E-state index >= 15 is 0 Å². The third-order valence-electron chi connectivity index (χ3n) is 2.77.